The van der Waals surface area contributed by atoms with E-state index in [1.807, 2.05) is 84.9 Å². The van der Waals surface area contributed by atoms with Gasteiger partial charge < -0.3 is 42.6 Å². The van der Waals surface area contributed by atoms with E-state index in [0.717, 1.165) is 28.0 Å². The molecule has 0 saturated carbocycles. The number of ether oxygens (including phenoxy) is 9. The van der Waals surface area contributed by atoms with Crippen molar-refractivity contribution >= 4 is 18.0 Å². The summed E-state index contributed by atoms with van der Waals surface area (Å²) in [6.45, 7) is 7.62. The quantitative estimate of drug-likeness (QED) is 0.0246. The molecule has 0 amide bonds. The van der Waals surface area contributed by atoms with Gasteiger partial charge in [-0.05, 0) is 74.4 Å². The maximum absolute atomic E-state index is 13.4. The largest absolute Gasteiger partial charge is 0.497 e. The number of allylic oxidation sites excluding steroid dienone is 1. The number of hydrogen-bond acceptors (Lipinski definition) is 13. The molecule has 0 unspecified atom stereocenters. The van der Waals surface area contributed by atoms with Crippen LogP contribution in [0.3, 0.4) is 0 Å². The van der Waals surface area contributed by atoms with Crippen LogP contribution in [0.2, 0.25) is 0 Å². The van der Waals surface area contributed by atoms with Gasteiger partial charge in [-0.15, -0.1) is 0 Å². The first-order valence-corrected chi connectivity index (χ1v) is 23.3. The summed E-state index contributed by atoms with van der Waals surface area (Å²) in [7, 11) is 4.44. The van der Waals surface area contributed by atoms with Gasteiger partial charge in [-0.25, -0.2) is 4.79 Å². The second-order valence-electron chi connectivity index (χ2n) is 17.2. The zero-order valence-electron chi connectivity index (χ0n) is 40.8. The van der Waals surface area contributed by atoms with Crippen LogP contribution in [0.4, 0.5) is 0 Å². The molecule has 0 saturated heterocycles. The van der Waals surface area contributed by atoms with Crippen LogP contribution >= 0.6 is 0 Å². The number of nitrogens with zero attached hydrogens (tertiary/aromatic N) is 2. The summed E-state index contributed by atoms with van der Waals surface area (Å²) in [5.74, 6) is 0.328. The molecule has 0 fully saturated rings. The first kappa shape index (κ1) is 53.8. The van der Waals surface area contributed by atoms with Crippen molar-refractivity contribution in [2.75, 3.05) is 67.6 Å². The smallest absolute Gasteiger partial charge is 0.350 e. The van der Waals surface area contributed by atoms with Crippen LogP contribution in [0.25, 0.3) is 6.08 Å². The molecule has 0 aliphatic heterocycles. The van der Waals surface area contributed by atoms with Gasteiger partial charge in [0.2, 0.25) is 5.88 Å². The number of carbonyl (C=O) groups excluding carboxylic acids is 2. The van der Waals surface area contributed by atoms with E-state index in [1.165, 1.54) is 18.8 Å². The number of hydrogen-bond donors (Lipinski definition) is 0. The Morgan fingerprint density at radius 2 is 1.28 bits per heavy atom. The zero-order valence-corrected chi connectivity index (χ0v) is 40.8. The number of aryl methyl sites for hydroxylation is 1. The first-order valence-electron chi connectivity index (χ1n) is 23.3. The Kier molecular flexibility index (Phi) is 22.1. The molecule has 0 N–H and O–H groups in total. The molecular formula is C55H68N2O12. The number of rotatable bonds is 30. The lowest BCUT2D eigenvalue weighted by molar-refractivity contribution is -0.155. The summed E-state index contributed by atoms with van der Waals surface area (Å²) in [4.78, 5) is 41.6. The second-order valence-corrected chi connectivity index (χ2v) is 17.2. The van der Waals surface area contributed by atoms with Gasteiger partial charge in [0, 0.05) is 25.8 Å². The highest BCUT2D eigenvalue weighted by Gasteiger charge is 2.38. The molecule has 14 nitrogen and oxygen atoms in total. The van der Waals surface area contributed by atoms with Crippen molar-refractivity contribution in [3.63, 3.8) is 0 Å². The summed E-state index contributed by atoms with van der Waals surface area (Å²) >= 11 is 0. The molecule has 4 aromatic carbocycles. The van der Waals surface area contributed by atoms with Gasteiger partial charge in [-0.3, -0.25) is 14.2 Å². The Morgan fingerprint density at radius 1 is 0.681 bits per heavy atom. The standard InChI is InChI=1S/C55H68N2O12/c1-54(2,3)52(59)68-37-36-67-49(31-33-64-39-42-26-28-47(61-4)29-27-42)40-65-34-35-66-48(30-32-57-38-43(51(63-6)56-53(57)60)18-16-17-25-50(58)62-5)41-69-55(44-19-10-7-11-20-44,45-21-12-8-13-22-45)46-23-14-9-15-24-46/h7-16,18-24,26-29,38,48-49H,17,25,30-37,39-41H2,1-6H3/b18-16+/t48-,49-/m0/s1. The van der Waals surface area contributed by atoms with Gasteiger partial charge >= 0.3 is 17.6 Å². The van der Waals surface area contributed by atoms with E-state index in [4.69, 9.17) is 42.6 Å². The van der Waals surface area contributed by atoms with Crippen LogP contribution in [-0.2, 0) is 61.5 Å². The number of benzene rings is 4. The van der Waals surface area contributed by atoms with Crippen LogP contribution in [-0.4, -0.2) is 101 Å². The predicted octanol–water partition coefficient (Wildman–Crippen LogP) is 8.61. The van der Waals surface area contributed by atoms with Gasteiger partial charge in [-0.2, -0.15) is 4.98 Å². The number of aromatic nitrogens is 2. The van der Waals surface area contributed by atoms with Crippen molar-refractivity contribution in [1.29, 1.82) is 0 Å². The Hall–Kier alpha value is -6.16. The molecule has 14 heteroatoms. The summed E-state index contributed by atoms with van der Waals surface area (Å²) in [5.41, 5.74) is 2.30. The van der Waals surface area contributed by atoms with Crippen molar-refractivity contribution in [1.82, 2.24) is 9.55 Å². The van der Waals surface area contributed by atoms with E-state index in [2.05, 4.69) is 41.4 Å². The van der Waals surface area contributed by atoms with Crippen LogP contribution in [0.15, 0.2) is 132 Å². The Labute approximate surface area is 406 Å². The van der Waals surface area contributed by atoms with Gasteiger partial charge in [-0.1, -0.05) is 115 Å². The highest BCUT2D eigenvalue weighted by Crippen LogP contribution is 2.40. The third-order valence-electron chi connectivity index (χ3n) is 11.1. The Bertz CT molecular complexity index is 2250. The first-order chi connectivity index (χ1) is 33.5. The average molecular weight is 949 g/mol. The lowest BCUT2D eigenvalue weighted by Crippen LogP contribution is -2.37. The SMILES string of the molecule is COC(=O)CC/C=C/c1cn(CC[C@@H](COC(c2ccccc2)(c2ccccc2)c2ccccc2)OCCOC[C@H](CCOCc2ccc(OC)cc2)OCCOC(=O)C(C)(C)C)c(=O)nc1OC. The molecule has 5 rings (SSSR count). The molecule has 69 heavy (non-hydrogen) atoms. The van der Waals surface area contributed by atoms with Gasteiger partial charge in [0.15, 0.2) is 0 Å². The molecule has 2 atom stereocenters. The summed E-state index contributed by atoms with van der Waals surface area (Å²) in [5, 5.41) is 0. The minimum absolute atomic E-state index is 0.112. The molecule has 0 bridgehead atoms. The van der Waals surface area contributed by atoms with Crippen LogP contribution in [0.5, 0.6) is 11.6 Å². The van der Waals surface area contributed by atoms with Crippen LogP contribution < -0.4 is 15.2 Å². The van der Waals surface area contributed by atoms with Crippen molar-refractivity contribution in [2.45, 2.75) is 77.4 Å². The number of methoxy groups -OCH3 is 3. The lowest BCUT2D eigenvalue weighted by Gasteiger charge is -2.37. The molecule has 370 valence electrons. The van der Waals surface area contributed by atoms with E-state index in [1.54, 1.807) is 40.2 Å². The fourth-order valence-electron chi connectivity index (χ4n) is 7.33. The second kappa shape index (κ2) is 28.4. The van der Waals surface area contributed by atoms with Gasteiger partial charge in [0.25, 0.3) is 0 Å². The molecule has 5 aromatic rings. The van der Waals surface area contributed by atoms with Crippen LogP contribution in [0.1, 0.15) is 74.3 Å². The summed E-state index contributed by atoms with van der Waals surface area (Å²) in [6.07, 6.45) is 5.97. The van der Waals surface area contributed by atoms with Crippen molar-refractivity contribution in [2.24, 2.45) is 5.41 Å². The normalized spacial score (nSPS) is 12.7. The van der Waals surface area contributed by atoms with E-state index in [0.29, 0.717) is 38.0 Å². The van der Waals surface area contributed by atoms with Gasteiger partial charge in [0.05, 0.1) is 84.2 Å². The molecule has 0 spiro atoms. The fourth-order valence-corrected chi connectivity index (χ4v) is 7.33. The zero-order chi connectivity index (χ0) is 49.3. The fraction of sp³-hybridized carbons (Fsp3) is 0.418. The van der Waals surface area contributed by atoms with Crippen molar-refractivity contribution in [3.05, 3.63) is 166 Å². The Morgan fingerprint density at radius 3 is 1.84 bits per heavy atom. The molecule has 0 aliphatic rings. The molecule has 0 aliphatic carbocycles. The maximum Gasteiger partial charge on any atom is 0.350 e. The monoisotopic (exact) mass is 948 g/mol. The number of esters is 2. The topological polar surface area (TPSA) is 152 Å². The summed E-state index contributed by atoms with van der Waals surface area (Å²) in [6, 6.07) is 38.0. The third kappa shape index (κ3) is 17.1. The minimum atomic E-state index is -1.01. The van der Waals surface area contributed by atoms with Crippen molar-refractivity contribution < 1.29 is 52.2 Å². The predicted molar refractivity (Wildman–Crippen MR) is 263 cm³/mol. The molecule has 0 radical (unpaired) electrons. The van der Waals surface area contributed by atoms with E-state index in [-0.39, 0.29) is 76.5 Å². The average Bonchev–Trinajstić information content (AvgIpc) is 3.37. The molecule has 1 heterocycles. The Balaban J connectivity index is 1.32. The molecule has 1 aromatic heterocycles. The summed E-state index contributed by atoms with van der Waals surface area (Å²) < 4.78 is 54.6. The van der Waals surface area contributed by atoms with Crippen LogP contribution in [0, 0.1) is 5.41 Å². The van der Waals surface area contributed by atoms with E-state index < -0.39 is 22.8 Å². The third-order valence-corrected chi connectivity index (χ3v) is 11.1. The lowest BCUT2D eigenvalue weighted by atomic mass is 9.80. The van der Waals surface area contributed by atoms with E-state index in [9.17, 15) is 14.4 Å². The maximum atomic E-state index is 13.4. The highest BCUT2D eigenvalue weighted by molar-refractivity contribution is 5.75. The van der Waals surface area contributed by atoms with Crippen molar-refractivity contribution in [3.8, 4) is 11.6 Å². The van der Waals surface area contributed by atoms with E-state index >= 15 is 0 Å². The van der Waals surface area contributed by atoms with Gasteiger partial charge in [0.1, 0.15) is 18.0 Å². The molecular weight excluding hydrogens is 881 g/mol. The minimum Gasteiger partial charge on any atom is -0.497 e. The number of carbonyl (C=O) groups is 2. The highest BCUT2D eigenvalue weighted by atomic mass is 16.6.